The predicted octanol–water partition coefficient (Wildman–Crippen LogP) is 13.0. The third kappa shape index (κ3) is 4.52. The van der Waals surface area contributed by atoms with Crippen LogP contribution < -0.4 is 0 Å². The van der Waals surface area contributed by atoms with Gasteiger partial charge in [0.05, 0.1) is 11.4 Å². The van der Waals surface area contributed by atoms with Crippen molar-refractivity contribution in [3.05, 3.63) is 158 Å². The Bertz CT molecular complexity index is 3150. The van der Waals surface area contributed by atoms with Crippen LogP contribution in [0.3, 0.4) is 0 Å². The lowest BCUT2D eigenvalue weighted by Gasteiger charge is -2.10. The van der Waals surface area contributed by atoms with Gasteiger partial charge in [0.25, 0.3) is 0 Å². The summed E-state index contributed by atoms with van der Waals surface area (Å²) in [5.41, 5.74) is 10.9. The molecule has 0 saturated carbocycles. The van der Waals surface area contributed by atoms with Crippen LogP contribution in [0.2, 0.25) is 0 Å². The van der Waals surface area contributed by atoms with Crippen molar-refractivity contribution in [1.82, 2.24) is 15.0 Å². The Morgan fingerprint density at radius 3 is 2.04 bits per heavy atom. The molecule has 4 heterocycles. The molecule has 0 amide bonds. The fourth-order valence-electron chi connectivity index (χ4n) is 7.59. The molecule has 4 aromatic heterocycles. The molecule has 11 rings (SSSR count). The molecule has 0 atom stereocenters. The lowest BCUT2D eigenvalue weighted by Crippen LogP contribution is -1.96. The molecule has 0 spiro atoms. The maximum absolute atomic E-state index is 6.51. The molecular weight excluding hydrogens is 643 g/mol. The minimum atomic E-state index is 0.653. The third-order valence-electron chi connectivity index (χ3n) is 10.0. The zero-order valence-corrected chi connectivity index (χ0v) is 28.0. The molecule has 51 heavy (non-hydrogen) atoms. The van der Waals surface area contributed by atoms with Gasteiger partial charge in [-0.25, -0.2) is 9.97 Å². The number of aromatic amines is 1. The quantitative estimate of drug-likeness (QED) is 0.203. The second kappa shape index (κ2) is 11.0. The van der Waals surface area contributed by atoms with Gasteiger partial charge in [-0.2, -0.15) is 0 Å². The largest absolute Gasteiger partial charge is 0.456 e. The van der Waals surface area contributed by atoms with E-state index in [2.05, 4.69) is 151 Å². The van der Waals surface area contributed by atoms with Crippen LogP contribution in [0, 0.1) is 0 Å². The van der Waals surface area contributed by atoms with Crippen LogP contribution in [0.4, 0.5) is 0 Å². The zero-order valence-electron chi connectivity index (χ0n) is 27.2. The molecule has 1 N–H and O–H groups in total. The summed E-state index contributed by atoms with van der Waals surface area (Å²) in [5, 5.41) is 7.11. The summed E-state index contributed by atoms with van der Waals surface area (Å²) in [6, 6.07) is 55.5. The van der Waals surface area contributed by atoms with Gasteiger partial charge in [-0.3, -0.25) is 0 Å². The Hall–Kier alpha value is -6.56. The summed E-state index contributed by atoms with van der Waals surface area (Å²) >= 11 is 1.82. The van der Waals surface area contributed by atoms with Crippen LogP contribution in [0.25, 0.3) is 109 Å². The van der Waals surface area contributed by atoms with E-state index in [0.717, 1.165) is 72.2 Å². The maximum atomic E-state index is 6.51. The molecule has 0 aliphatic rings. The molecular formula is C46H27N3OS. The van der Waals surface area contributed by atoms with Gasteiger partial charge < -0.3 is 9.40 Å². The number of nitrogens with zero attached hydrogens (tertiary/aromatic N) is 2. The summed E-state index contributed by atoms with van der Waals surface area (Å²) in [4.78, 5) is 14.1. The number of rotatable bonds is 4. The lowest BCUT2D eigenvalue weighted by molar-refractivity contribution is 0.669. The van der Waals surface area contributed by atoms with Gasteiger partial charge in [-0.1, -0.05) is 103 Å². The summed E-state index contributed by atoms with van der Waals surface area (Å²) in [6.07, 6.45) is 0. The van der Waals surface area contributed by atoms with Gasteiger partial charge in [-0.15, -0.1) is 11.3 Å². The highest BCUT2D eigenvalue weighted by Gasteiger charge is 2.17. The summed E-state index contributed by atoms with van der Waals surface area (Å²) in [5.74, 6) is 0.653. The van der Waals surface area contributed by atoms with Crippen LogP contribution >= 0.6 is 11.3 Å². The average Bonchev–Trinajstić information content (AvgIpc) is 3.88. The Labute approximate surface area is 296 Å². The van der Waals surface area contributed by atoms with E-state index in [0.29, 0.717) is 5.82 Å². The van der Waals surface area contributed by atoms with Crippen molar-refractivity contribution >= 4 is 75.3 Å². The molecule has 5 heteroatoms. The predicted molar refractivity (Wildman–Crippen MR) is 213 cm³/mol. The normalized spacial score (nSPS) is 11.9. The Morgan fingerprint density at radius 2 is 1.14 bits per heavy atom. The van der Waals surface area contributed by atoms with Crippen LogP contribution in [0.15, 0.2) is 162 Å². The first-order valence-corrected chi connectivity index (χ1v) is 17.9. The van der Waals surface area contributed by atoms with Crippen molar-refractivity contribution in [2.24, 2.45) is 0 Å². The van der Waals surface area contributed by atoms with E-state index in [4.69, 9.17) is 14.4 Å². The highest BCUT2D eigenvalue weighted by Crippen LogP contribution is 2.40. The molecule has 7 aromatic carbocycles. The SMILES string of the molecule is c1ccc(-c2cccc3oc4cc(-c5nc(-c6ccc7c(c6)[nH]c6ccccc67)cc(-c6ccc7sc8ccccc8c7c6)n5)ccc4c23)cc1. The summed E-state index contributed by atoms with van der Waals surface area (Å²) < 4.78 is 9.06. The lowest BCUT2D eigenvalue weighted by atomic mass is 9.99. The number of para-hydroxylation sites is 1. The minimum Gasteiger partial charge on any atom is -0.456 e. The van der Waals surface area contributed by atoms with Gasteiger partial charge in [0.15, 0.2) is 5.82 Å². The van der Waals surface area contributed by atoms with Crippen LogP contribution in [0.5, 0.6) is 0 Å². The first-order chi connectivity index (χ1) is 25.2. The molecule has 0 aliphatic carbocycles. The van der Waals surface area contributed by atoms with E-state index in [-0.39, 0.29) is 0 Å². The summed E-state index contributed by atoms with van der Waals surface area (Å²) in [7, 11) is 0. The second-order valence-electron chi connectivity index (χ2n) is 13.1. The van der Waals surface area contributed by atoms with Crippen LogP contribution in [-0.2, 0) is 0 Å². The third-order valence-corrected chi connectivity index (χ3v) is 11.2. The molecule has 11 aromatic rings. The van der Waals surface area contributed by atoms with Crippen molar-refractivity contribution in [3.8, 4) is 45.0 Å². The van der Waals surface area contributed by atoms with Crippen molar-refractivity contribution in [2.45, 2.75) is 0 Å². The van der Waals surface area contributed by atoms with E-state index in [1.165, 1.54) is 30.9 Å². The smallest absolute Gasteiger partial charge is 0.160 e. The Morgan fingerprint density at radius 1 is 0.431 bits per heavy atom. The monoisotopic (exact) mass is 669 g/mol. The zero-order chi connectivity index (χ0) is 33.5. The number of hydrogen-bond acceptors (Lipinski definition) is 4. The van der Waals surface area contributed by atoms with Gasteiger partial charge in [0.2, 0.25) is 0 Å². The number of furan rings is 1. The van der Waals surface area contributed by atoms with Gasteiger partial charge in [0.1, 0.15) is 11.2 Å². The fourth-order valence-corrected chi connectivity index (χ4v) is 8.68. The minimum absolute atomic E-state index is 0.653. The van der Waals surface area contributed by atoms with E-state index in [1.54, 1.807) is 0 Å². The number of benzene rings is 7. The van der Waals surface area contributed by atoms with Gasteiger partial charge >= 0.3 is 0 Å². The number of H-pyrrole nitrogens is 1. The van der Waals surface area contributed by atoms with E-state index in [1.807, 2.05) is 23.5 Å². The molecule has 0 radical (unpaired) electrons. The molecule has 238 valence electrons. The number of aromatic nitrogens is 3. The van der Waals surface area contributed by atoms with Crippen molar-refractivity contribution in [2.75, 3.05) is 0 Å². The first kappa shape index (κ1) is 28.3. The molecule has 0 unspecified atom stereocenters. The standard InChI is InChI=1S/C46H27N3OS/c1-2-9-27(10-3-1)31-13-8-15-41-45(31)35-21-18-30(25-42(35)50-41)46-48-38(28-19-22-44-36(23-28)34-12-5-7-16-43(34)51-44)26-39(49-46)29-17-20-33-32-11-4-6-14-37(32)47-40(33)24-29/h1-26,47H. The Balaban J connectivity index is 1.11. The fraction of sp³-hybridized carbons (Fsp3) is 0. The van der Waals surface area contributed by atoms with E-state index in [9.17, 15) is 0 Å². The molecule has 4 nitrogen and oxygen atoms in total. The Kier molecular flexibility index (Phi) is 6.09. The highest BCUT2D eigenvalue weighted by molar-refractivity contribution is 7.25. The van der Waals surface area contributed by atoms with Crippen LogP contribution in [0.1, 0.15) is 0 Å². The number of hydrogen-bond donors (Lipinski definition) is 1. The van der Waals surface area contributed by atoms with E-state index >= 15 is 0 Å². The van der Waals surface area contributed by atoms with Crippen molar-refractivity contribution in [1.29, 1.82) is 0 Å². The van der Waals surface area contributed by atoms with Crippen molar-refractivity contribution < 1.29 is 4.42 Å². The maximum Gasteiger partial charge on any atom is 0.160 e. The first-order valence-electron chi connectivity index (χ1n) is 17.1. The number of nitrogens with one attached hydrogen (secondary N) is 1. The summed E-state index contributed by atoms with van der Waals surface area (Å²) in [6.45, 7) is 0. The second-order valence-corrected chi connectivity index (χ2v) is 14.1. The topological polar surface area (TPSA) is 54.7 Å². The molecule has 0 bridgehead atoms. The highest BCUT2D eigenvalue weighted by atomic mass is 32.1. The van der Waals surface area contributed by atoms with E-state index < -0.39 is 0 Å². The molecule has 0 saturated heterocycles. The van der Waals surface area contributed by atoms with Gasteiger partial charge in [0, 0.05) is 69.4 Å². The van der Waals surface area contributed by atoms with Crippen molar-refractivity contribution in [3.63, 3.8) is 0 Å². The molecule has 0 fully saturated rings. The van der Waals surface area contributed by atoms with Crippen LogP contribution in [-0.4, -0.2) is 15.0 Å². The number of fused-ring (bicyclic) bond motifs is 9. The van der Waals surface area contributed by atoms with Gasteiger partial charge in [-0.05, 0) is 65.7 Å². The average molecular weight is 670 g/mol. The molecule has 0 aliphatic heterocycles. The number of thiophene rings is 1.